The lowest BCUT2D eigenvalue weighted by Gasteiger charge is -2.07. The summed E-state index contributed by atoms with van der Waals surface area (Å²) in [4.78, 5) is 23.7. The fourth-order valence-electron chi connectivity index (χ4n) is 1.84. The summed E-state index contributed by atoms with van der Waals surface area (Å²) in [7, 11) is 0. The minimum atomic E-state index is -0.450. The first-order valence-corrected chi connectivity index (χ1v) is 7.84. The maximum Gasteiger partial charge on any atom is 0.269 e. The smallest absolute Gasteiger partial charge is 0.269 e. The van der Waals surface area contributed by atoms with Gasteiger partial charge in [0.1, 0.15) is 12.4 Å². The molecule has 0 fully saturated rings. The Labute approximate surface area is 150 Å². The molecule has 0 aliphatic heterocycles. The summed E-state index contributed by atoms with van der Waals surface area (Å²) < 4.78 is 5.33. The Morgan fingerprint density at radius 3 is 2.36 bits per heavy atom. The number of amides is 2. The van der Waals surface area contributed by atoms with E-state index < -0.39 is 11.8 Å². The van der Waals surface area contributed by atoms with Crippen LogP contribution in [0, 0.1) is 0 Å². The minimum absolute atomic E-state index is 0.390. The maximum absolute atomic E-state index is 12.0. The molecule has 0 radical (unpaired) electrons. The topological polar surface area (TPSA) is 67.4 Å². The van der Waals surface area contributed by atoms with Gasteiger partial charge in [0.05, 0.1) is 0 Å². The molecule has 128 valence electrons. The van der Waals surface area contributed by atoms with Crippen molar-refractivity contribution < 1.29 is 14.3 Å². The van der Waals surface area contributed by atoms with Crippen LogP contribution in [-0.2, 0) is 4.79 Å². The third kappa shape index (κ3) is 6.16. The summed E-state index contributed by atoms with van der Waals surface area (Å²) in [6.45, 7) is 3.95. The SMILES string of the molecule is C=CCOc1ccc(C(=O)NNC(=O)/C=C/c2ccc(Cl)cc2)cc1. The van der Waals surface area contributed by atoms with Gasteiger partial charge >= 0.3 is 0 Å². The molecule has 0 atom stereocenters. The second-order valence-electron chi connectivity index (χ2n) is 4.95. The molecule has 0 unspecified atom stereocenters. The second-order valence-corrected chi connectivity index (χ2v) is 5.39. The zero-order valence-electron chi connectivity index (χ0n) is 13.4. The van der Waals surface area contributed by atoms with Crippen molar-refractivity contribution in [2.24, 2.45) is 0 Å². The van der Waals surface area contributed by atoms with Crippen LogP contribution in [0.5, 0.6) is 5.75 Å². The van der Waals surface area contributed by atoms with Gasteiger partial charge in [-0.25, -0.2) is 0 Å². The molecule has 0 aromatic heterocycles. The molecule has 0 aliphatic rings. The molecule has 2 aromatic carbocycles. The van der Waals surface area contributed by atoms with E-state index in [-0.39, 0.29) is 0 Å². The number of hydrogen-bond acceptors (Lipinski definition) is 3. The van der Waals surface area contributed by atoms with Gasteiger partial charge in [-0.2, -0.15) is 0 Å². The zero-order valence-corrected chi connectivity index (χ0v) is 14.1. The Morgan fingerprint density at radius 1 is 1.04 bits per heavy atom. The number of nitrogens with one attached hydrogen (secondary N) is 2. The maximum atomic E-state index is 12.0. The highest BCUT2D eigenvalue weighted by atomic mass is 35.5. The Morgan fingerprint density at radius 2 is 1.72 bits per heavy atom. The predicted octanol–water partition coefficient (Wildman–Crippen LogP) is 3.38. The van der Waals surface area contributed by atoms with Crippen LogP contribution in [0.15, 0.2) is 67.3 Å². The minimum Gasteiger partial charge on any atom is -0.490 e. The third-order valence-corrected chi connectivity index (χ3v) is 3.33. The summed E-state index contributed by atoms with van der Waals surface area (Å²) in [5, 5.41) is 0.620. The molecule has 2 aromatic rings. The number of benzene rings is 2. The molecule has 0 heterocycles. The highest BCUT2D eigenvalue weighted by molar-refractivity contribution is 6.30. The van der Waals surface area contributed by atoms with E-state index >= 15 is 0 Å². The summed E-state index contributed by atoms with van der Waals surface area (Å²) in [6, 6.07) is 13.5. The van der Waals surface area contributed by atoms with Crippen molar-refractivity contribution in [3.05, 3.63) is 83.4 Å². The van der Waals surface area contributed by atoms with Crippen molar-refractivity contribution in [2.45, 2.75) is 0 Å². The lowest BCUT2D eigenvalue weighted by Crippen LogP contribution is -2.40. The predicted molar refractivity (Wildman–Crippen MR) is 98.2 cm³/mol. The number of rotatable bonds is 6. The third-order valence-electron chi connectivity index (χ3n) is 3.08. The fourth-order valence-corrected chi connectivity index (χ4v) is 1.96. The average molecular weight is 357 g/mol. The normalized spacial score (nSPS) is 10.3. The van der Waals surface area contributed by atoms with Crippen molar-refractivity contribution in [1.29, 1.82) is 0 Å². The highest BCUT2D eigenvalue weighted by Gasteiger charge is 2.06. The number of carbonyl (C=O) groups is 2. The van der Waals surface area contributed by atoms with E-state index in [0.717, 1.165) is 5.56 Å². The molecular formula is C19H17ClN2O3. The molecule has 2 rings (SSSR count). The van der Waals surface area contributed by atoms with Gasteiger partial charge in [0.2, 0.25) is 0 Å². The van der Waals surface area contributed by atoms with Crippen LogP contribution in [0.25, 0.3) is 6.08 Å². The van der Waals surface area contributed by atoms with E-state index in [2.05, 4.69) is 17.4 Å². The molecule has 5 nitrogen and oxygen atoms in total. The lowest BCUT2D eigenvalue weighted by atomic mass is 10.2. The van der Waals surface area contributed by atoms with Crippen molar-refractivity contribution in [3.63, 3.8) is 0 Å². The van der Waals surface area contributed by atoms with E-state index in [1.807, 2.05) is 0 Å². The van der Waals surface area contributed by atoms with Crippen LogP contribution in [0.4, 0.5) is 0 Å². The first kappa shape index (κ1) is 18.3. The lowest BCUT2D eigenvalue weighted by molar-refractivity contribution is -0.117. The molecule has 0 aliphatic carbocycles. The van der Waals surface area contributed by atoms with Crippen molar-refractivity contribution >= 4 is 29.5 Å². The summed E-state index contributed by atoms with van der Waals surface area (Å²) in [5.41, 5.74) is 5.87. The van der Waals surface area contributed by atoms with E-state index in [1.165, 1.54) is 6.08 Å². The van der Waals surface area contributed by atoms with Gasteiger partial charge in [-0.15, -0.1) is 0 Å². The standard InChI is InChI=1S/C19H17ClN2O3/c1-2-13-25-17-10-6-15(7-11-17)19(24)22-21-18(23)12-5-14-3-8-16(20)9-4-14/h2-12H,1,13H2,(H,21,23)(H,22,24)/b12-5+. The van der Waals surface area contributed by atoms with E-state index in [0.29, 0.717) is 22.9 Å². The Balaban J connectivity index is 1.83. The van der Waals surface area contributed by atoms with Crippen LogP contribution in [0.1, 0.15) is 15.9 Å². The molecule has 2 N–H and O–H groups in total. The fraction of sp³-hybridized carbons (Fsp3) is 0.0526. The first-order valence-electron chi connectivity index (χ1n) is 7.46. The Kier molecular flexibility index (Phi) is 6.80. The van der Waals surface area contributed by atoms with Crippen LogP contribution < -0.4 is 15.6 Å². The van der Waals surface area contributed by atoms with Gasteiger partial charge in [-0.3, -0.25) is 20.4 Å². The molecule has 0 saturated carbocycles. The molecule has 25 heavy (non-hydrogen) atoms. The number of ether oxygens (including phenoxy) is 1. The number of halogens is 1. The van der Waals surface area contributed by atoms with Gasteiger partial charge in [0.25, 0.3) is 11.8 Å². The summed E-state index contributed by atoms with van der Waals surface area (Å²) in [5.74, 6) is -0.246. The van der Waals surface area contributed by atoms with Crippen molar-refractivity contribution in [1.82, 2.24) is 10.9 Å². The largest absolute Gasteiger partial charge is 0.490 e. The van der Waals surface area contributed by atoms with Crippen LogP contribution in [0.3, 0.4) is 0 Å². The quantitative estimate of drug-likeness (QED) is 0.473. The Hall–Kier alpha value is -3.05. The summed E-state index contributed by atoms with van der Waals surface area (Å²) >= 11 is 5.79. The second kappa shape index (κ2) is 9.30. The highest BCUT2D eigenvalue weighted by Crippen LogP contribution is 2.12. The molecule has 0 bridgehead atoms. The van der Waals surface area contributed by atoms with Gasteiger partial charge in [-0.05, 0) is 48.0 Å². The molecular weight excluding hydrogens is 340 g/mol. The van der Waals surface area contributed by atoms with Crippen molar-refractivity contribution in [2.75, 3.05) is 6.61 Å². The van der Waals surface area contributed by atoms with Gasteiger partial charge in [0, 0.05) is 16.7 Å². The van der Waals surface area contributed by atoms with Crippen LogP contribution in [-0.4, -0.2) is 18.4 Å². The summed E-state index contributed by atoms with van der Waals surface area (Å²) in [6.07, 6.45) is 4.56. The van der Waals surface area contributed by atoms with Gasteiger partial charge < -0.3 is 4.74 Å². The van der Waals surface area contributed by atoms with Gasteiger partial charge in [-0.1, -0.05) is 36.4 Å². The average Bonchev–Trinajstić information content (AvgIpc) is 2.64. The number of hydrazine groups is 1. The molecule has 2 amide bonds. The molecule has 6 heteroatoms. The Bertz CT molecular complexity index is 768. The number of hydrogen-bond donors (Lipinski definition) is 2. The van der Waals surface area contributed by atoms with Crippen LogP contribution in [0.2, 0.25) is 5.02 Å². The van der Waals surface area contributed by atoms with E-state index in [4.69, 9.17) is 16.3 Å². The zero-order chi connectivity index (χ0) is 18.1. The number of carbonyl (C=O) groups excluding carboxylic acids is 2. The molecule has 0 saturated heterocycles. The van der Waals surface area contributed by atoms with Gasteiger partial charge in [0.15, 0.2) is 0 Å². The van der Waals surface area contributed by atoms with Crippen LogP contribution >= 0.6 is 11.6 Å². The van der Waals surface area contributed by atoms with E-state index in [1.54, 1.807) is 60.7 Å². The molecule has 0 spiro atoms. The van der Waals surface area contributed by atoms with Crippen molar-refractivity contribution in [3.8, 4) is 5.75 Å². The van der Waals surface area contributed by atoms with E-state index in [9.17, 15) is 9.59 Å². The first-order chi connectivity index (χ1) is 12.1. The monoisotopic (exact) mass is 356 g/mol.